The van der Waals surface area contributed by atoms with Crippen LogP contribution in [-0.2, 0) is 0 Å². The van der Waals surface area contributed by atoms with E-state index in [0.717, 1.165) is 18.4 Å². The van der Waals surface area contributed by atoms with Crippen molar-refractivity contribution in [2.45, 2.75) is 32.7 Å². The first-order chi connectivity index (χ1) is 8.61. The average molecular weight is 249 g/mol. The zero-order chi connectivity index (χ0) is 13.1. The van der Waals surface area contributed by atoms with Gasteiger partial charge in [0.2, 0.25) is 11.7 Å². The fraction of sp³-hybridized carbons (Fsp3) is 0.385. The number of nitrogens with zero attached hydrogens (tertiary/aromatic N) is 2. The summed E-state index contributed by atoms with van der Waals surface area (Å²) in [6, 6.07) is 4.47. The first kappa shape index (κ1) is 12.7. The van der Waals surface area contributed by atoms with E-state index in [4.69, 9.17) is 10.3 Å². The van der Waals surface area contributed by atoms with Gasteiger partial charge in [0.05, 0.1) is 6.04 Å². The lowest BCUT2D eigenvalue weighted by molar-refractivity contribution is 0.348. The molecule has 1 aromatic heterocycles. The summed E-state index contributed by atoms with van der Waals surface area (Å²) in [5.41, 5.74) is 7.18. The van der Waals surface area contributed by atoms with E-state index >= 15 is 0 Å². The molecule has 1 aromatic carbocycles. The van der Waals surface area contributed by atoms with Gasteiger partial charge in [-0.15, -0.1) is 0 Å². The van der Waals surface area contributed by atoms with Crippen LogP contribution in [0.25, 0.3) is 11.4 Å². The number of hydrogen-bond acceptors (Lipinski definition) is 4. The van der Waals surface area contributed by atoms with Crippen LogP contribution in [0.2, 0.25) is 0 Å². The standard InChI is InChI=1S/C13H16FN3O/c1-3-4-11(15)13-16-12(17-18-13)9-5-6-10(14)8(2)7-9/h5-7,11H,3-4,15H2,1-2H3/t11-/m0/s1. The summed E-state index contributed by atoms with van der Waals surface area (Å²) in [5, 5.41) is 3.87. The first-order valence-electron chi connectivity index (χ1n) is 5.97. The van der Waals surface area contributed by atoms with Gasteiger partial charge >= 0.3 is 0 Å². The molecule has 0 saturated carbocycles. The fourth-order valence-electron chi connectivity index (χ4n) is 1.72. The zero-order valence-corrected chi connectivity index (χ0v) is 10.5. The monoisotopic (exact) mass is 249 g/mol. The molecule has 5 heteroatoms. The van der Waals surface area contributed by atoms with Gasteiger partial charge in [0.1, 0.15) is 5.82 Å². The molecule has 0 unspecified atom stereocenters. The van der Waals surface area contributed by atoms with E-state index < -0.39 is 0 Å². The summed E-state index contributed by atoms with van der Waals surface area (Å²) in [4.78, 5) is 4.24. The van der Waals surface area contributed by atoms with Gasteiger partial charge in [0.15, 0.2) is 0 Å². The highest BCUT2D eigenvalue weighted by atomic mass is 19.1. The third kappa shape index (κ3) is 2.56. The predicted octanol–water partition coefficient (Wildman–Crippen LogP) is 2.98. The summed E-state index contributed by atoms with van der Waals surface area (Å²) in [7, 11) is 0. The Morgan fingerprint density at radius 2 is 2.22 bits per heavy atom. The Morgan fingerprint density at radius 3 is 2.89 bits per heavy atom. The highest BCUT2D eigenvalue weighted by Gasteiger charge is 2.15. The third-order valence-electron chi connectivity index (χ3n) is 2.77. The second-order valence-electron chi connectivity index (χ2n) is 4.32. The van der Waals surface area contributed by atoms with Crippen molar-refractivity contribution in [3.8, 4) is 11.4 Å². The number of benzene rings is 1. The smallest absolute Gasteiger partial charge is 0.243 e. The van der Waals surface area contributed by atoms with E-state index in [1.54, 1.807) is 19.1 Å². The first-order valence-corrected chi connectivity index (χ1v) is 5.97. The van der Waals surface area contributed by atoms with E-state index in [1.165, 1.54) is 6.07 Å². The lowest BCUT2D eigenvalue weighted by Gasteiger charge is -2.02. The number of rotatable bonds is 4. The molecule has 96 valence electrons. The Morgan fingerprint density at radius 1 is 1.44 bits per heavy atom. The van der Waals surface area contributed by atoms with Crippen LogP contribution in [0.4, 0.5) is 4.39 Å². The maximum absolute atomic E-state index is 13.2. The molecule has 0 spiro atoms. The number of hydrogen-bond donors (Lipinski definition) is 1. The molecule has 2 aromatic rings. The van der Waals surface area contributed by atoms with Crippen molar-refractivity contribution >= 4 is 0 Å². The number of aromatic nitrogens is 2. The van der Waals surface area contributed by atoms with Gasteiger partial charge in [-0.1, -0.05) is 18.5 Å². The molecule has 0 amide bonds. The topological polar surface area (TPSA) is 64.9 Å². The van der Waals surface area contributed by atoms with Gasteiger partial charge in [-0.25, -0.2) is 4.39 Å². The van der Waals surface area contributed by atoms with Crippen molar-refractivity contribution in [3.63, 3.8) is 0 Å². The second kappa shape index (κ2) is 5.27. The van der Waals surface area contributed by atoms with Gasteiger partial charge in [-0.05, 0) is 37.1 Å². The third-order valence-corrected chi connectivity index (χ3v) is 2.77. The van der Waals surface area contributed by atoms with Gasteiger partial charge in [0.25, 0.3) is 0 Å². The van der Waals surface area contributed by atoms with Gasteiger partial charge in [-0.2, -0.15) is 4.98 Å². The lowest BCUT2D eigenvalue weighted by atomic mass is 10.1. The molecule has 0 saturated heterocycles. The summed E-state index contributed by atoms with van der Waals surface area (Å²) < 4.78 is 18.3. The molecule has 1 atom stereocenters. The molecular formula is C13H16FN3O. The minimum absolute atomic E-state index is 0.238. The minimum atomic E-state index is -0.245. The normalized spacial score (nSPS) is 12.7. The Balaban J connectivity index is 2.26. The van der Waals surface area contributed by atoms with E-state index in [0.29, 0.717) is 17.3 Å². The van der Waals surface area contributed by atoms with E-state index in [2.05, 4.69) is 10.1 Å². The van der Waals surface area contributed by atoms with Crippen LogP contribution in [0, 0.1) is 12.7 Å². The molecule has 2 rings (SSSR count). The van der Waals surface area contributed by atoms with Crippen molar-refractivity contribution in [2.75, 3.05) is 0 Å². The molecule has 0 aliphatic heterocycles. The number of halogens is 1. The Labute approximate surface area is 105 Å². The van der Waals surface area contributed by atoms with Crippen LogP contribution in [0.15, 0.2) is 22.7 Å². The largest absolute Gasteiger partial charge is 0.337 e. The quantitative estimate of drug-likeness (QED) is 0.904. The molecule has 4 nitrogen and oxygen atoms in total. The fourth-order valence-corrected chi connectivity index (χ4v) is 1.72. The Kier molecular flexibility index (Phi) is 3.72. The second-order valence-corrected chi connectivity index (χ2v) is 4.32. The van der Waals surface area contributed by atoms with Crippen LogP contribution in [0.3, 0.4) is 0 Å². The zero-order valence-electron chi connectivity index (χ0n) is 10.5. The molecule has 0 bridgehead atoms. The van der Waals surface area contributed by atoms with E-state index in [9.17, 15) is 4.39 Å². The summed E-state index contributed by atoms with van der Waals surface area (Å²) in [6.07, 6.45) is 1.75. The van der Waals surface area contributed by atoms with Crippen molar-refractivity contribution in [3.05, 3.63) is 35.5 Å². The van der Waals surface area contributed by atoms with Crippen LogP contribution in [0.5, 0.6) is 0 Å². The molecule has 0 aliphatic carbocycles. The average Bonchev–Trinajstić information content (AvgIpc) is 2.82. The van der Waals surface area contributed by atoms with Crippen LogP contribution in [-0.4, -0.2) is 10.1 Å². The summed E-state index contributed by atoms with van der Waals surface area (Å²) in [5.74, 6) is 0.624. The lowest BCUT2D eigenvalue weighted by Crippen LogP contribution is -2.09. The summed E-state index contributed by atoms with van der Waals surface area (Å²) in [6.45, 7) is 3.74. The van der Waals surface area contributed by atoms with Crippen molar-refractivity contribution < 1.29 is 8.91 Å². The van der Waals surface area contributed by atoms with E-state index in [-0.39, 0.29) is 11.9 Å². The minimum Gasteiger partial charge on any atom is -0.337 e. The van der Waals surface area contributed by atoms with Crippen LogP contribution in [0.1, 0.15) is 37.3 Å². The molecule has 1 heterocycles. The molecule has 2 N–H and O–H groups in total. The molecule has 18 heavy (non-hydrogen) atoms. The maximum Gasteiger partial charge on any atom is 0.243 e. The maximum atomic E-state index is 13.2. The predicted molar refractivity (Wildman–Crippen MR) is 66.3 cm³/mol. The number of nitrogens with two attached hydrogens (primary N) is 1. The highest BCUT2D eigenvalue weighted by Crippen LogP contribution is 2.21. The van der Waals surface area contributed by atoms with Gasteiger partial charge < -0.3 is 10.3 Å². The molecule has 0 radical (unpaired) electrons. The van der Waals surface area contributed by atoms with Crippen molar-refractivity contribution in [2.24, 2.45) is 5.73 Å². The Bertz CT molecular complexity index is 539. The highest BCUT2D eigenvalue weighted by molar-refractivity contribution is 5.55. The van der Waals surface area contributed by atoms with Gasteiger partial charge in [0, 0.05) is 5.56 Å². The van der Waals surface area contributed by atoms with Crippen molar-refractivity contribution in [1.82, 2.24) is 10.1 Å². The van der Waals surface area contributed by atoms with Crippen molar-refractivity contribution in [1.29, 1.82) is 0 Å². The molecule has 0 fully saturated rings. The van der Waals surface area contributed by atoms with Crippen LogP contribution >= 0.6 is 0 Å². The van der Waals surface area contributed by atoms with Crippen LogP contribution < -0.4 is 5.73 Å². The molecular weight excluding hydrogens is 233 g/mol. The molecule has 0 aliphatic rings. The van der Waals surface area contributed by atoms with Gasteiger partial charge in [-0.3, -0.25) is 0 Å². The van der Waals surface area contributed by atoms with E-state index in [1.807, 2.05) is 6.92 Å². The summed E-state index contributed by atoms with van der Waals surface area (Å²) >= 11 is 0. The Hall–Kier alpha value is -1.75. The number of aryl methyl sites for hydroxylation is 1. The SMILES string of the molecule is CCC[C@H](N)c1nc(-c2ccc(F)c(C)c2)no1.